The second kappa shape index (κ2) is 4.31. The second-order valence-corrected chi connectivity index (χ2v) is 5.04. The number of nitrogen functional groups attached to an aromatic ring is 2. The number of anilines is 2. The molecule has 2 aromatic carbocycles. The molecule has 0 bridgehead atoms. The Morgan fingerprint density at radius 3 is 1.67 bits per heavy atom. The molecule has 0 fully saturated rings. The number of fused-ring (bicyclic) bond motifs is 1. The molecule has 18 heavy (non-hydrogen) atoms. The van der Waals surface area contributed by atoms with Crippen molar-refractivity contribution in [1.82, 2.24) is 0 Å². The van der Waals surface area contributed by atoms with Gasteiger partial charge in [0.15, 0.2) is 5.75 Å². The van der Waals surface area contributed by atoms with Crippen LogP contribution in [0.25, 0.3) is 10.8 Å². The van der Waals surface area contributed by atoms with Gasteiger partial charge in [0.05, 0.1) is 26.4 Å². The van der Waals surface area contributed by atoms with Crippen LogP contribution in [0.3, 0.4) is 0 Å². The Morgan fingerprint density at radius 1 is 0.611 bits per heavy atom. The molecule has 0 aliphatic carbocycles. The highest BCUT2D eigenvalue weighted by Gasteiger charge is 2.24. The van der Waals surface area contributed by atoms with Gasteiger partial charge in [-0.05, 0) is 0 Å². The summed E-state index contributed by atoms with van der Waals surface area (Å²) in [6, 6.07) is 0. The van der Waals surface area contributed by atoms with E-state index in [1.807, 2.05) is 0 Å². The van der Waals surface area contributed by atoms with E-state index in [2.05, 4.69) is 0 Å². The van der Waals surface area contributed by atoms with Gasteiger partial charge in [-0.15, -0.1) is 0 Å². The Labute approximate surface area is 122 Å². The van der Waals surface area contributed by atoms with Gasteiger partial charge in [0, 0.05) is 10.8 Å². The third-order valence-corrected chi connectivity index (χ3v) is 4.25. The molecule has 4 nitrogen and oxygen atoms in total. The molecular weight excluding hydrogens is 322 g/mol. The van der Waals surface area contributed by atoms with E-state index in [-0.39, 0.29) is 42.2 Å². The Balaban J connectivity index is 3.22. The first-order valence-electron chi connectivity index (χ1n) is 4.53. The van der Waals surface area contributed by atoms with Crippen molar-refractivity contribution in [3.8, 4) is 11.5 Å². The molecule has 2 aromatic rings. The molecular formula is C10H6Cl4N2O2. The Kier molecular flexibility index (Phi) is 3.23. The molecule has 0 aliphatic heterocycles. The zero-order valence-electron chi connectivity index (χ0n) is 8.56. The Morgan fingerprint density at radius 2 is 1.11 bits per heavy atom. The van der Waals surface area contributed by atoms with Crippen LogP contribution < -0.4 is 11.5 Å². The van der Waals surface area contributed by atoms with Crippen molar-refractivity contribution >= 4 is 68.6 Å². The van der Waals surface area contributed by atoms with Gasteiger partial charge in [-0.1, -0.05) is 46.4 Å². The SMILES string of the molecule is Nc1c(Cl)c(Cl)c2c(N)c(O)c(Cl)c(Cl)c2c1O. The molecule has 8 heteroatoms. The van der Waals surface area contributed by atoms with E-state index < -0.39 is 11.5 Å². The van der Waals surface area contributed by atoms with Crippen LogP contribution in [0.4, 0.5) is 11.4 Å². The molecule has 0 unspecified atom stereocenters. The van der Waals surface area contributed by atoms with E-state index in [0.717, 1.165) is 0 Å². The summed E-state index contributed by atoms with van der Waals surface area (Å²) in [6.45, 7) is 0. The summed E-state index contributed by atoms with van der Waals surface area (Å²) in [5.41, 5.74) is 11.0. The van der Waals surface area contributed by atoms with Crippen molar-refractivity contribution < 1.29 is 10.2 Å². The predicted octanol–water partition coefficient (Wildman–Crippen LogP) is 4.03. The standard InChI is InChI=1S/C10H6Cl4N2O2/c11-3-1-2(9(17)8(16)5(3)13)4(12)6(14)10(18)7(1)15/h17-18H,15-16H2. The zero-order chi connectivity index (χ0) is 13.8. The summed E-state index contributed by atoms with van der Waals surface area (Å²) in [5, 5.41) is 19.4. The average molecular weight is 328 g/mol. The highest BCUT2D eigenvalue weighted by molar-refractivity contribution is 6.52. The molecule has 0 saturated heterocycles. The number of nitrogens with two attached hydrogens (primary N) is 2. The van der Waals surface area contributed by atoms with E-state index in [1.54, 1.807) is 0 Å². The van der Waals surface area contributed by atoms with Crippen molar-refractivity contribution in [1.29, 1.82) is 0 Å². The van der Waals surface area contributed by atoms with Crippen LogP contribution in [0.5, 0.6) is 11.5 Å². The maximum absolute atomic E-state index is 9.94. The number of phenolic OH excluding ortho intramolecular Hbond substituents is 2. The Bertz CT molecular complexity index is 575. The largest absolute Gasteiger partial charge is 0.505 e. The van der Waals surface area contributed by atoms with Crippen molar-refractivity contribution in [3.63, 3.8) is 0 Å². The van der Waals surface area contributed by atoms with Gasteiger partial charge in [-0.2, -0.15) is 0 Å². The second-order valence-electron chi connectivity index (χ2n) is 3.53. The number of hydrogen-bond donors (Lipinski definition) is 4. The summed E-state index contributed by atoms with van der Waals surface area (Å²) in [6.07, 6.45) is 0. The quantitative estimate of drug-likeness (QED) is 0.434. The normalized spacial score (nSPS) is 11.1. The number of aromatic hydroxyl groups is 2. The molecule has 0 amide bonds. The zero-order valence-corrected chi connectivity index (χ0v) is 11.6. The van der Waals surface area contributed by atoms with Crippen molar-refractivity contribution in [2.24, 2.45) is 0 Å². The van der Waals surface area contributed by atoms with Gasteiger partial charge in [-0.3, -0.25) is 0 Å². The lowest BCUT2D eigenvalue weighted by molar-refractivity contribution is 0.478. The first kappa shape index (κ1) is 13.5. The summed E-state index contributed by atoms with van der Waals surface area (Å²) >= 11 is 23.6. The highest BCUT2D eigenvalue weighted by atomic mass is 35.5. The summed E-state index contributed by atoms with van der Waals surface area (Å²) in [7, 11) is 0. The van der Waals surface area contributed by atoms with Gasteiger partial charge in [-0.25, -0.2) is 0 Å². The number of hydrogen-bond acceptors (Lipinski definition) is 4. The molecule has 2 rings (SSSR count). The Hall–Kier alpha value is -0.940. The predicted molar refractivity (Wildman–Crippen MR) is 76.1 cm³/mol. The fraction of sp³-hybridized carbons (Fsp3) is 0. The van der Waals surface area contributed by atoms with Crippen molar-refractivity contribution in [2.75, 3.05) is 11.5 Å². The van der Waals surface area contributed by atoms with Crippen molar-refractivity contribution in [3.05, 3.63) is 20.1 Å². The fourth-order valence-electron chi connectivity index (χ4n) is 1.61. The molecule has 0 spiro atoms. The third-order valence-electron chi connectivity index (χ3n) is 2.54. The molecule has 0 atom stereocenters. The van der Waals surface area contributed by atoms with Gasteiger partial charge < -0.3 is 21.7 Å². The average Bonchev–Trinajstić information content (AvgIpc) is 2.35. The van der Waals surface area contributed by atoms with Crippen molar-refractivity contribution in [2.45, 2.75) is 0 Å². The minimum Gasteiger partial charge on any atom is -0.505 e. The number of phenols is 2. The van der Waals surface area contributed by atoms with Gasteiger partial charge in [0.25, 0.3) is 0 Å². The van der Waals surface area contributed by atoms with Gasteiger partial charge >= 0.3 is 0 Å². The first-order chi connectivity index (χ1) is 8.29. The molecule has 0 aliphatic rings. The summed E-state index contributed by atoms with van der Waals surface area (Å²) < 4.78 is 0. The minimum atomic E-state index is -0.434. The molecule has 6 N–H and O–H groups in total. The topological polar surface area (TPSA) is 92.5 Å². The number of benzene rings is 2. The van der Waals surface area contributed by atoms with Crippen LogP contribution in [-0.4, -0.2) is 10.2 Å². The maximum atomic E-state index is 9.94. The number of halogens is 4. The first-order valence-corrected chi connectivity index (χ1v) is 6.04. The van der Waals surface area contributed by atoms with E-state index in [4.69, 9.17) is 57.9 Å². The highest BCUT2D eigenvalue weighted by Crippen LogP contribution is 2.52. The molecule has 96 valence electrons. The lowest BCUT2D eigenvalue weighted by Crippen LogP contribution is -1.96. The lowest BCUT2D eigenvalue weighted by atomic mass is 10.1. The summed E-state index contributed by atoms with van der Waals surface area (Å²) in [4.78, 5) is 0. The van der Waals surface area contributed by atoms with Crippen LogP contribution in [0, 0.1) is 0 Å². The molecule has 0 aromatic heterocycles. The minimum absolute atomic E-state index is 0.0201. The van der Waals surface area contributed by atoms with E-state index in [9.17, 15) is 10.2 Å². The summed E-state index contributed by atoms with van der Waals surface area (Å²) in [5.74, 6) is -0.825. The van der Waals surface area contributed by atoms with Crippen LogP contribution in [0.1, 0.15) is 0 Å². The van der Waals surface area contributed by atoms with E-state index in [1.165, 1.54) is 0 Å². The lowest BCUT2D eigenvalue weighted by Gasteiger charge is -2.15. The van der Waals surface area contributed by atoms with Gasteiger partial charge in [0.2, 0.25) is 0 Å². The fourth-order valence-corrected chi connectivity index (χ4v) is 2.56. The molecule has 0 heterocycles. The van der Waals surface area contributed by atoms with Gasteiger partial charge in [0.1, 0.15) is 10.8 Å². The smallest absolute Gasteiger partial charge is 0.159 e. The monoisotopic (exact) mass is 326 g/mol. The van der Waals surface area contributed by atoms with Crippen LogP contribution in [0.15, 0.2) is 0 Å². The maximum Gasteiger partial charge on any atom is 0.159 e. The van der Waals surface area contributed by atoms with E-state index >= 15 is 0 Å². The molecule has 0 saturated carbocycles. The van der Waals surface area contributed by atoms with Crippen LogP contribution in [-0.2, 0) is 0 Å². The van der Waals surface area contributed by atoms with Crippen LogP contribution >= 0.6 is 46.4 Å². The van der Waals surface area contributed by atoms with E-state index in [0.29, 0.717) is 0 Å². The van der Waals surface area contributed by atoms with Crippen LogP contribution in [0.2, 0.25) is 20.1 Å². The third kappa shape index (κ3) is 1.61. The number of rotatable bonds is 0. The molecule has 0 radical (unpaired) electrons.